The van der Waals surface area contributed by atoms with Crippen molar-refractivity contribution in [3.05, 3.63) is 11.6 Å². The van der Waals surface area contributed by atoms with Crippen molar-refractivity contribution in [1.29, 1.82) is 0 Å². The fourth-order valence-electron chi connectivity index (χ4n) is 1.16. The average Bonchev–Trinajstić information content (AvgIpc) is 2.23. The highest BCUT2D eigenvalue weighted by molar-refractivity contribution is 5.17. The SMILES string of the molecule is CC(C)c1nc(N)nc(CCOCC(F)F)n1. The van der Waals surface area contributed by atoms with Crippen LogP contribution in [0.1, 0.15) is 31.4 Å². The summed E-state index contributed by atoms with van der Waals surface area (Å²) in [5, 5.41) is 0. The lowest BCUT2D eigenvalue weighted by Gasteiger charge is -2.07. The van der Waals surface area contributed by atoms with E-state index in [0.29, 0.717) is 18.1 Å². The van der Waals surface area contributed by atoms with Crippen molar-refractivity contribution in [1.82, 2.24) is 15.0 Å². The largest absolute Gasteiger partial charge is 0.375 e. The molecule has 0 atom stereocenters. The van der Waals surface area contributed by atoms with Crippen LogP contribution < -0.4 is 5.73 Å². The van der Waals surface area contributed by atoms with Crippen LogP contribution in [0.15, 0.2) is 0 Å². The van der Waals surface area contributed by atoms with E-state index in [1.54, 1.807) is 0 Å². The normalized spacial score (nSPS) is 11.4. The van der Waals surface area contributed by atoms with E-state index in [1.165, 1.54) is 0 Å². The average molecular weight is 246 g/mol. The lowest BCUT2D eigenvalue weighted by molar-refractivity contribution is 0.0182. The molecular weight excluding hydrogens is 230 g/mol. The van der Waals surface area contributed by atoms with E-state index >= 15 is 0 Å². The summed E-state index contributed by atoms with van der Waals surface area (Å²) in [6, 6.07) is 0. The highest BCUT2D eigenvalue weighted by Gasteiger charge is 2.08. The molecule has 0 saturated carbocycles. The van der Waals surface area contributed by atoms with Crippen LogP contribution in [0.2, 0.25) is 0 Å². The smallest absolute Gasteiger partial charge is 0.261 e. The maximum atomic E-state index is 11.8. The van der Waals surface area contributed by atoms with E-state index in [-0.39, 0.29) is 18.5 Å². The van der Waals surface area contributed by atoms with Crippen molar-refractivity contribution in [2.75, 3.05) is 18.9 Å². The number of anilines is 1. The minimum absolute atomic E-state index is 0.140. The van der Waals surface area contributed by atoms with Gasteiger partial charge in [-0.3, -0.25) is 0 Å². The van der Waals surface area contributed by atoms with Crippen LogP contribution in [0.25, 0.3) is 0 Å². The van der Waals surface area contributed by atoms with Crippen molar-refractivity contribution in [2.45, 2.75) is 32.6 Å². The Morgan fingerprint density at radius 2 is 1.94 bits per heavy atom. The summed E-state index contributed by atoms with van der Waals surface area (Å²) in [4.78, 5) is 12.1. The Kier molecular flexibility index (Phi) is 5.14. The second-order valence-corrected chi connectivity index (χ2v) is 3.84. The molecule has 0 spiro atoms. The molecule has 1 rings (SSSR count). The minimum Gasteiger partial charge on any atom is -0.375 e. The number of alkyl halides is 2. The molecule has 0 aliphatic carbocycles. The lowest BCUT2D eigenvalue weighted by atomic mass is 10.2. The monoisotopic (exact) mass is 246 g/mol. The first-order valence-corrected chi connectivity index (χ1v) is 5.35. The Balaban J connectivity index is 2.53. The Hall–Kier alpha value is -1.37. The van der Waals surface area contributed by atoms with Crippen LogP contribution in [0.4, 0.5) is 14.7 Å². The van der Waals surface area contributed by atoms with Gasteiger partial charge in [-0.1, -0.05) is 13.8 Å². The van der Waals surface area contributed by atoms with Crippen LogP contribution in [0.5, 0.6) is 0 Å². The van der Waals surface area contributed by atoms with Gasteiger partial charge in [-0.15, -0.1) is 0 Å². The summed E-state index contributed by atoms with van der Waals surface area (Å²) < 4.78 is 28.4. The van der Waals surface area contributed by atoms with E-state index < -0.39 is 13.0 Å². The fraction of sp³-hybridized carbons (Fsp3) is 0.700. The van der Waals surface area contributed by atoms with Crippen LogP contribution in [-0.4, -0.2) is 34.6 Å². The van der Waals surface area contributed by atoms with Gasteiger partial charge in [0.15, 0.2) is 0 Å². The molecule has 0 aliphatic rings. The van der Waals surface area contributed by atoms with Crippen LogP contribution in [-0.2, 0) is 11.2 Å². The number of aromatic nitrogens is 3. The zero-order valence-electron chi connectivity index (χ0n) is 9.86. The number of ether oxygens (including phenoxy) is 1. The molecule has 5 nitrogen and oxygen atoms in total. The third-order valence-corrected chi connectivity index (χ3v) is 1.95. The number of hydrogen-bond acceptors (Lipinski definition) is 5. The first kappa shape index (κ1) is 13.7. The predicted molar refractivity (Wildman–Crippen MR) is 58.9 cm³/mol. The van der Waals surface area contributed by atoms with E-state index in [1.807, 2.05) is 13.8 Å². The van der Waals surface area contributed by atoms with Gasteiger partial charge >= 0.3 is 0 Å². The lowest BCUT2D eigenvalue weighted by Crippen LogP contribution is -2.12. The van der Waals surface area contributed by atoms with Gasteiger partial charge < -0.3 is 10.5 Å². The van der Waals surface area contributed by atoms with E-state index in [0.717, 1.165) is 0 Å². The van der Waals surface area contributed by atoms with Crippen LogP contribution in [0, 0.1) is 0 Å². The molecule has 1 aromatic rings. The van der Waals surface area contributed by atoms with Crippen LogP contribution >= 0.6 is 0 Å². The van der Waals surface area contributed by atoms with Crippen molar-refractivity contribution in [3.63, 3.8) is 0 Å². The van der Waals surface area contributed by atoms with Gasteiger partial charge in [0, 0.05) is 12.3 Å². The first-order valence-electron chi connectivity index (χ1n) is 5.35. The molecule has 0 bridgehead atoms. The van der Waals surface area contributed by atoms with Gasteiger partial charge in [-0.05, 0) is 0 Å². The van der Waals surface area contributed by atoms with Gasteiger partial charge in [0.1, 0.15) is 18.3 Å². The quantitative estimate of drug-likeness (QED) is 0.768. The van der Waals surface area contributed by atoms with Crippen molar-refractivity contribution in [3.8, 4) is 0 Å². The summed E-state index contributed by atoms with van der Waals surface area (Å²) >= 11 is 0. The van der Waals surface area contributed by atoms with Crippen LogP contribution in [0.3, 0.4) is 0 Å². The molecule has 0 radical (unpaired) electrons. The Labute approximate surface area is 98.4 Å². The summed E-state index contributed by atoms with van der Waals surface area (Å²) in [6.07, 6.45) is -2.11. The number of hydrogen-bond donors (Lipinski definition) is 1. The Bertz CT molecular complexity index is 360. The van der Waals surface area contributed by atoms with Gasteiger partial charge in [-0.2, -0.15) is 9.97 Å². The van der Waals surface area contributed by atoms with Gasteiger partial charge in [0.2, 0.25) is 5.95 Å². The number of rotatable bonds is 6. The van der Waals surface area contributed by atoms with E-state index in [9.17, 15) is 8.78 Å². The number of halogens is 2. The second-order valence-electron chi connectivity index (χ2n) is 3.84. The number of nitrogens with zero attached hydrogens (tertiary/aromatic N) is 3. The molecule has 1 heterocycles. The molecule has 1 aromatic heterocycles. The zero-order valence-corrected chi connectivity index (χ0v) is 9.86. The van der Waals surface area contributed by atoms with Gasteiger partial charge in [0.05, 0.1) is 6.61 Å². The summed E-state index contributed by atoms with van der Waals surface area (Å²) in [5.41, 5.74) is 5.53. The molecular formula is C10H16F2N4O. The molecule has 0 aromatic carbocycles. The first-order chi connectivity index (χ1) is 7.99. The molecule has 17 heavy (non-hydrogen) atoms. The summed E-state index contributed by atoms with van der Waals surface area (Å²) in [5.74, 6) is 1.35. The van der Waals surface area contributed by atoms with Gasteiger partial charge in [-0.25, -0.2) is 13.8 Å². The molecule has 0 saturated heterocycles. The Morgan fingerprint density at radius 3 is 2.53 bits per heavy atom. The third kappa shape index (κ3) is 4.99. The van der Waals surface area contributed by atoms with Gasteiger partial charge in [0.25, 0.3) is 6.43 Å². The third-order valence-electron chi connectivity index (χ3n) is 1.95. The maximum Gasteiger partial charge on any atom is 0.261 e. The van der Waals surface area contributed by atoms with Crippen molar-refractivity contribution in [2.24, 2.45) is 0 Å². The Morgan fingerprint density at radius 1 is 1.24 bits per heavy atom. The molecule has 7 heteroatoms. The minimum atomic E-state index is -2.45. The molecule has 0 unspecified atom stereocenters. The van der Waals surface area contributed by atoms with Crippen molar-refractivity contribution < 1.29 is 13.5 Å². The topological polar surface area (TPSA) is 73.9 Å². The molecule has 96 valence electrons. The highest BCUT2D eigenvalue weighted by atomic mass is 19.3. The standard InChI is InChI=1S/C10H16F2N4O/c1-6(2)9-14-8(15-10(13)16-9)3-4-17-5-7(11)12/h6-7H,3-5H2,1-2H3,(H2,13,14,15,16). The number of nitrogens with two attached hydrogens (primary N) is 1. The summed E-state index contributed by atoms with van der Waals surface area (Å²) in [7, 11) is 0. The zero-order chi connectivity index (χ0) is 12.8. The predicted octanol–water partition coefficient (Wildman–Crippen LogP) is 1.40. The second kappa shape index (κ2) is 6.39. The highest BCUT2D eigenvalue weighted by Crippen LogP contribution is 2.09. The van der Waals surface area contributed by atoms with E-state index in [2.05, 4.69) is 15.0 Å². The number of nitrogen functional groups attached to an aromatic ring is 1. The van der Waals surface area contributed by atoms with E-state index in [4.69, 9.17) is 10.5 Å². The molecule has 2 N–H and O–H groups in total. The summed E-state index contributed by atoms with van der Waals surface area (Å²) in [6.45, 7) is 3.45. The molecule has 0 fully saturated rings. The molecule has 0 amide bonds. The molecule has 0 aliphatic heterocycles. The fourth-order valence-corrected chi connectivity index (χ4v) is 1.16. The maximum absolute atomic E-state index is 11.8. The van der Waals surface area contributed by atoms with Crippen molar-refractivity contribution >= 4 is 5.95 Å².